The summed E-state index contributed by atoms with van der Waals surface area (Å²) < 4.78 is 20.3. The summed E-state index contributed by atoms with van der Waals surface area (Å²) in [4.78, 5) is 20.3. The molecule has 0 amide bonds. The van der Waals surface area contributed by atoms with Crippen LogP contribution in [0, 0.1) is 0 Å². The van der Waals surface area contributed by atoms with Gasteiger partial charge in [-0.3, -0.25) is 0 Å². The first-order chi connectivity index (χ1) is 10.5. The van der Waals surface area contributed by atoms with Crippen molar-refractivity contribution in [2.45, 2.75) is 90.9 Å². The van der Waals surface area contributed by atoms with Gasteiger partial charge in [-0.05, 0) is 25.7 Å². The Hall–Kier alpha value is 0.639. The molecule has 23 heavy (non-hydrogen) atoms. The second-order valence-electron chi connectivity index (χ2n) is 5.65. The van der Waals surface area contributed by atoms with Crippen molar-refractivity contribution in [2.24, 2.45) is 0 Å². The second-order valence-corrected chi connectivity index (χ2v) is 7.87. The molecule has 0 aromatic carbocycles. The Morgan fingerprint density at radius 2 is 0.826 bits per heavy atom. The maximum atomic E-state index is 10.1. The predicted molar refractivity (Wildman–Crippen MR) is 91.7 cm³/mol. The van der Waals surface area contributed by atoms with Crippen LogP contribution in [0.25, 0.3) is 0 Å². The molecule has 0 spiro atoms. The van der Waals surface area contributed by atoms with Crippen molar-refractivity contribution in [3.8, 4) is 0 Å². The van der Waals surface area contributed by atoms with Crippen LogP contribution >= 0.6 is 16.1 Å². The maximum absolute atomic E-state index is 10.1. The molecule has 0 N–H and O–H groups in total. The molecular weight excluding hydrogens is 374 g/mol. The molecule has 0 saturated carbocycles. The van der Waals surface area contributed by atoms with Crippen LogP contribution in [-0.4, -0.2) is 12.3 Å². The zero-order chi connectivity index (χ0) is 17.1. The Bertz CT molecular complexity index is 240. The summed E-state index contributed by atoms with van der Waals surface area (Å²) >= 11 is 0. The molecule has 0 rings (SSSR count). The molecule has 0 heterocycles. The van der Waals surface area contributed by atoms with Crippen molar-refractivity contribution in [2.75, 3.05) is 12.3 Å². The van der Waals surface area contributed by atoms with E-state index in [-0.39, 0.29) is 17.1 Å². The van der Waals surface area contributed by atoms with Gasteiger partial charge >= 0.3 is 33.1 Å². The van der Waals surface area contributed by atoms with Crippen LogP contribution in [0.1, 0.15) is 90.9 Å². The van der Waals surface area contributed by atoms with Crippen LogP contribution in [-0.2, 0) is 26.2 Å². The summed E-state index contributed by atoms with van der Waals surface area (Å²) in [6, 6.07) is 0. The molecule has 138 valence electrons. The SMILES string of the molecule is CCCCCCCC[P+](=O)[O-].CCCCCCCC[P+](=O)[O-].[Fe+2]. The fourth-order valence-electron chi connectivity index (χ4n) is 2.04. The molecule has 0 fully saturated rings. The minimum Gasteiger partial charge on any atom is -0.596 e. The fraction of sp³-hybridized carbons (Fsp3) is 1.00. The molecule has 0 aliphatic rings. The van der Waals surface area contributed by atoms with Gasteiger partial charge in [0.25, 0.3) is 0 Å². The average Bonchev–Trinajstić information content (AvgIpc) is 2.46. The first-order valence-corrected chi connectivity index (χ1v) is 11.5. The van der Waals surface area contributed by atoms with Crippen LogP contribution in [0.15, 0.2) is 0 Å². The maximum Gasteiger partial charge on any atom is 2.00 e. The third-order valence-electron chi connectivity index (χ3n) is 3.39. The minimum atomic E-state index is -2.12. The summed E-state index contributed by atoms with van der Waals surface area (Å²) in [6.45, 7) is 4.35. The quantitative estimate of drug-likeness (QED) is 0.233. The van der Waals surface area contributed by atoms with Gasteiger partial charge in [-0.25, -0.2) is 0 Å². The Labute approximate surface area is 155 Å². The first kappa shape index (κ1) is 28.4. The van der Waals surface area contributed by atoms with Gasteiger partial charge in [0.05, 0.1) is 0 Å². The fourth-order valence-corrected chi connectivity index (χ4v) is 3.01. The van der Waals surface area contributed by atoms with E-state index in [0.29, 0.717) is 12.3 Å². The molecule has 0 aromatic rings. The summed E-state index contributed by atoms with van der Waals surface area (Å²) in [6.07, 6.45) is 14.5. The van der Waals surface area contributed by atoms with Crippen molar-refractivity contribution in [3.63, 3.8) is 0 Å². The molecule has 0 radical (unpaired) electrons. The Kier molecular flexibility index (Phi) is 30.8. The van der Waals surface area contributed by atoms with Gasteiger partial charge in [-0.1, -0.05) is 74.3 Å². The Morgan fingerprint density at radius 3 is 1.09 bits per heavy atom. The molecule has 2 atom stereocenters. The Balaban J connectivity index is -0.000000333. The molecule has 2 unspecified atom stereocenters. The van der Waals surface area contributed by atoms with Crippen LogP contribution < -0.4 is 9.79 Å². The predicted octanol–water partition coefficient (Wildman–Crippen LogP) is 4.90. The smallest absolute Gasteiger partial charge is 0.596 e. The van der Waals surface area contributed by atoms with E-state index < -0.39 is 16.1 Å². The third kappa shape index (κ3) is 34.8. The van der Waals surface area contributed by atoms with Gasteiger partial charge in [0, 0.05) is 0 Å². The van der Waals surface area contributed by atoms with Gasteiger partial charge in [-0.2, -0.15) is 0 Å². The van der Waals surface area contributed by atoms with E-state index in [1.807, 2.05) is 0 Å². The van der Waals surface area contributed by atoms with E-state index in [0.717, 1.165) is 25.7 Å². The largest absolute Gasteiger partial charge is 2.00 e. The van der Waals surface area contributed by atoms with Crippen molar-refractivity contribution < 1.29 is 36.0 Å². The van der Waals surface area contributed by atoms with Crippen LogP contribution in [0.2, 0.25) is 0 Å². The van der Waals surface area contributed by atoms with Gasteiger partial charge in [-0.15, -0.1) is 0 Å². The van der Waals surface area contributed by atoms with Crippen molar-refractivity contribution in [1.82, 2.24) is 0 Å². The van der Waals surface area contributed by atoms with E-state index in [2.05, 4.69) is 13.8 Å². The van der Waals surface area contributed by atoms with Crippen molar-refractivity contribution in [3.05, 3.63) is 0 Å². The van der Waals surface area contributed by atoms with E-state index in [1.165, 1.54) is 51.4 Å². The van der Waals surface area contributed by atoms with Gasteiger partial charge in [0.1, 0.15) is 12.3 Å². The number of hydrogen-bond donors (Lipinski definition) is 0. The molecule has 0 aromatic heterocycles. The molecule has 7 heteroatoms. The zero-order valence-electron chi connectivity index (χ0n) is 14.8. The van der Waals surface area contributed by atoms with Crippen molar-refractivity contribution >= 4 is 16.1 Å². The summed E-state index contributed by atoms with van der Waals surface area (Å²) in [5.41, 5.74) is 0. The molecule has 4 nitrogen and oxygen atoms in total. The van der Waals surface area contributed by atoms with E-state index in [4.69, 9.17) is 0 Å². The summed E-state index contributed by atoms with van der Waals surface area (Å²) in [7, 11) is -4.25. The summed E-state index contributed by atoms with van der Waals surface area (Å²) in [5, 5.41) is 0. The van der Waals surface area contributed by atoms with E-state index >= 15 is 0 Å². The minimum absolute atomic E-state index is 0. The average molecular weight is 408 g/mol. The van der Waals surface area contributed by atoms with Gasteiger partial charge in [0.15, 0.2) is 0 Å². The topological polar surface area (TPSA) is 80.3 Å². The van der Waals surface area contributed by atoms with E-state index in [9.17, 15) is 18.9 Å². The second kappa shape index (κ2) is 24.9. The van der Waals surface area contributed by atoms with Gasteiger partial charge in [0.2, 0.25) is 0 Å². The Morgan fingerprint density at radius 1 is 0.565 bits per heavy atom. The van der Waals surface area contributed by atoms with Gasteiger partial charge < -0.3 is 9.79 Å². The molecule has 0 bridgehead atoms. The number of unbranched alkanes of at least 4 members (excludes halogenated alkanes) is 10. The normalized spacial score (nSPS) is 11.1. The number of hydrogen-bond acceptors (Lipinski definition) is 4. The molecule has 0 aliphatic carbocycles. The summed E-state index contributed by atoms with van der Waals surface area (Å²) in [5.74, 6) is 0. The monoisotopic (exact) mass is 408 g/mol. The van der Waals surface area contributed by atoms with Crippen molar-refractivity contribution in [1.29, 1.82) is 0 Å². The molecule has 0 aliphatic heterocycles. The van der Waals surface area contributed by atoms with E-state index in [1.54, 1.807) is 0 Å². The standard InChI is InChI=1S/2C8H17O2P.Fe/c2*1-2-3-4-5-6-7-8-11(9)10;/h2*2-8H2,1H3;/q;;+2. The first-order valence-electron chi connectivity index (χ1n) is 8.78. The van der Waals surface area contributed by atoms with Crippen LogP contribution in [0.4, 0.5) is 0 Å². The zero-order valence-corrected chi connectivity index (χ0v) is 17.7. The third-order valence-corrected chi connectivity index (χ3v) is 4.75. The molecular formula is C16H34FeO4P2+2. The van der Waals surface area contributed by atoms with Crippen LogP contribution in [0.5, 0.6) is 0 Å². The van der Waals surface area contributed by atoms with Crippen LogP contribution in [0.3, 0.4) is 0 Å². The molecule has 0 saturated heterocycles. The number of rotatable bonds is 14.